The molecular formula is C10H20N2O. The summed E-state index contributed by atoms with van der Waals surface area (Å²) in [4.78, 5) is 2.52. The lowest BCUT2D eigenvalue weighted by Crippen LogP contribution is -2.56. The van der Waals surface area contributed by atoms with Crippen LogP contribution in [0.1, 0.15) is 13.8 Å². The van der Waals surface area contributed by atoms with E-state index in [0.717, 1.165) is 25.2 Å². The molecule has 0 bridgehead atoms. The zero-order valence-corrected chi connectivity index (χ0v) is 8.62. The van der Waals surface area contributed by atoms with Gasteiger partial charge in [0.1, 0.15) is 0 Å². The van der Waals surface area contributed by atoms with Gasteiger partial charge < -0.3 is 15.0 Å². The van der Waals surface area contributed by atoms with Crippen LogP contribution in [0.15, 0.2) is 0 Å². The van der Waals surface area contributed by atoms with Crippen molar-refractivity contribution in [2.24, 2.45) is 5.92 Å². The molecule has 2 heterocycles. The third-order valence-electron chi connectivity index (χ3n) is 3.05. The van der Waals surface area contributed by atoms with E-state index < -0.39 is 0 Å². The Morgan fingerprint density at radius 3 is 2.54 bits per heavy atom. The Labute approximate surface area is 80.4 Å². The van der Waals surface area contributed by atoms with Gasteiger partial charge >= 0.3 is 0 Å². The molecule has 0 spiro atoms. The molecule has 3 nitrogen and oxygen atoms in total. The van der Waals surface area contributed by atoms with E-state index in [4.69, 9.17) is 4.74 Å². The van der Waals surface area contributed by atoms with E-state index in [-0.39, 0.29) is 0 Å². The fraction of sp³-hybridized carbons (Fsp3) is 1.00. The zero-order valence-electron chi connectivity index (χ0n) is 8.62. The van der Waals surface area contributed by atoms with Crippen LogP contribution in [0.5, 0.6) is 0 Å². The van der Waals surface area contributed by atoms with Crippen LogP contribution in [-0.4, -0.2) is 49.8 Å². The minimum absolute atomic E-state index is 0.646. The summed E-state index contributed by atoms with van der Waals surface area (Å²) in [5.41, 5.74) is 0. The van der Waals surface area contributed by atoms with E-state index in [1.54, 1.807) is 0 Å². The van der Waals surface area contributed by atoms with Crippen molar-refractivity contribution in [3.05, 3.63) is 0 Å². The van der Waals surface area contributed by atoms with Crippen molar-refractivity contribution in [3.8, 4) is 0 Å². The number of ether oxygens (including phenoxy) is 1. The van der Waals surface area contributed by atoms with Gasteiger partial charge in [0.15, 0.2) is 0 Å². The zero-order chi connectivity index (χ0) is 9.26. The van der Waals surface area contributed by atoms with Crippen LogP contribution in [0.25, 0.3) is 0 Å². The Morgan fingerprint density at radius 2 is 2.08 bits per heavy atom. The van der Waals surface area contributed by atoms with Gasteiger partial charge in [-0.3, -0.25) is 0 Å². The summed E-state index contributed by atoms with van der Waals surface area (Å²) in [7, 11) is 0. The first-order chi connectivity index (χ1) is 6.25. The minimum atomic E-state index is 0.646. The summed E-state index contributed by atoms with van der Waals surface area (Å²) in [6.07, 6.45) is 0. The molecular weight excluding hydrogens is 164 g/mol. The summed E-state index contributed by atoms with van der Waals surface area (Å²) in [5.74, 6) is 0.878. The quantitative estimate of drug-likeness (QED) is 0.681. The van der Waals surface area contributed by atoms with Crippen molar-refractivity contribution in [1.82, 2.24) is 10.2 Å². The van der Waals surface area contributed by atoms with E-state index >= 15 is 0 Å². The molecule has 76 valence electrons. The first-order valence-electron chi connectivity index (χ1n) is 5.31. The molecule has 2 aliphatic heterocycles. The van der Waals surface area contributed by atoms with Crippen molar-refractivity contribution in [3.63, 3.8) is 0 Å². The van der Waals surface area contributed by atoms with Crippen molar-refractivity contribution in [2.45, 2.75) is 25.9 Å². The molecule has 2 saturated heterocycles. The highest BCUT2D eigenvalue weighted by molar-refractivity contribution is 4.85. The van der Waals surface area contributed by atoms with Gasteiger partial charge in [-0.1, -0.05) is 0 Å². The molecule has 1 N–H and O–H groups in total. The van der Waals surface area contributed by atoms with Crippen molar-refractivity contribution in [1.29, 1.82) is 0 Å². The summed E-state index contributed by atoms with van der Waals surface area (Å²) < 4.78 is 5.11. The molecule has 0 radical (unpaired) electrons. The molecule has 2 fully saturated rings. The van der Waals surface area contributed by atoms with E-state index in [0.29, 0.717) is 6.04 Å². The van der Waals surface area contributed by atoms with Crippen LogP contribution in [0.3, 0.4) is 0 Å². The largest absolute Gasteiger partial charge is 0.378 e. The fourth-order valence-electron chi connectivity index (χ4n) is 1.85. The third-order valence-corrected chi connectivity index (χ3v) is 3.05. The van der Waals surface area contributed by atoms with Crippen LogP contribution in [-0.2, 0) is 4.74 Å². The molecule has 2 aliphatic rings. The Morgan fingerprint density at radius 1 is 1.38 bits per heavy atom. The van der Waals surface area contributed by atoms with Crippen molar-refractivity contribution >= 4 is 0 Å². The standard InChI is InChI=1S/C10H20N2O/c1-8(2)12-4-9(5-12)3-11-10-6-13-7-10/h8-11H,3-7H2,1-2H3. The fourth-order valence-corrected chi connectivity index (χ4v) is 1.85. The molecule has 0 aromatic rings. The van der Waals surface area contributed by atoms with E-state index in [2.05, 4.69) is 24.1 Å². The van der Waals surface area contributed by atoms with Crippen LogP contribution in [0.4, 0.5) is 0 Å². The number of hydrogen-bond donors (Lipinski definition) is 1. The van der Waals surface area contributed by atoms with Gasteiger partial charge in [0.25, 0.3) is 0 Å². The van der Waals surface area contributed by atoms with Gasteiger partial charge in [0.2, 0.25) is 0 Å². The monoisotopic (exact) mass is 184 g/mol. The summed E-state index contributed by atoms with van der Waals surface area (Å²) in [5, 5.41) is 3.53. The first-order valence-corrected chi connectivity index (χ1v) is 5.31. The van der Waals surface area contributed by atoms with Gasteiger partial charge in [-0.15, -0.1) is 0 Å². The third kappa shape index (κ3) is 2.22. The van der Waals surface area contributed by atoms with Crippen molar-refractivity contribution < 1.29 is 4.74 Å². The van der Waals surface area contributed by atoms with Crippen LogP contribution >= 0.6 is 0 Å². The first kappa shape index (κ1) is 9.44. The lowest BCUT2D eigenvalue weighted by Gasteiger charge is -2.43. The number of likely N-dealkylation sites (tertiary alicyclic amines) is 1. The number of nitrogens with one attached hydrogen (secondary N) is 1. The summed E-state index contributed by atoms with van der Waals surface area (Å²) >= 11 is 0. The van der Waals surface area contributed by atoms with Gasteiger partial charge in [-0.2, -0.15) is 0 Å². The molecule has 2 rings (SSSR count). The van der Waals surface area contributed by atoms with E-state index in [1.165, 1.54) is 19.6 Å². The minimum Gasteiger partial charge on any atom is -0.378 e. The highest BCUT2D eigenvalue weighted by Crippen LogP contribution is 2.17. The molecule has 0 unspecified atom stereocenters. The Kier molecular flexibility index (Phi) is 2.86. The molecule has 0 atom stereocenters. The SMILES string of the molecule is CC(C)N1CC(CNC2COC2)C1. The van der Waals surface area contributed by atoms with Crippen LogP contribution in [0.2, 0.25) is 0 Å². The summed E-state index contributed by atoms with van der Waals surface area (Å²) in [6.45, 7) is 10.1. The molecule has 13 heavy (non-hydrogen) atoms. The Hall–Kier alpha value is -0.120. The Bertz CT molecular complexity index is 162. The predicted octanol–water partition coefficient (Wildman–Crippen LogP) is 0.315. The van der Waals surface area contributed by atoms with Gasteiger partial charge in [-0.05, 0) is 19.8 Å². The van der Waals surface area contributed by atoms with Gasteiger partial charge in [0, 0.05) is 25.7 Å². The molecule has 3 heteroatoms. The number of hydrogen-bond acceptors (Lipinski definition) is 3. The van der Waals surface area contributed by atoms with Gasteiger partial charge in [-0.25, -0.2) is 0 Å². The maximum atomic E-state index is 5.11. The maximum Gasteiger partial charge on any atom is 0.0643 e. The summed E-state index contributed by atoms with van der Waals surface area (Å²) in [6, 6.07) is 1.37. The van der Waals surface area contributed by atoms with E-state index in [9.17, 15) is 0 Å². The molecule has 0 saturated carbocycles. The Balaban J connectivity index is 1.53. The maximum absolute atomic E-state index is 5.11. The smallest absolute Gasteiger partial charge is 0.0643 e. The second-order valence-corrected chi connectivity index (χ2v) is 4.56. The second-order valence-electron chi connectivity index (χ2n) is 4.56. The number of nitrogens with zero attached hydrogens (tertiary/aromatic N) is 1. The molecule has 0 aromatic heterocycles. The van der Waals surface area contributed by atoms with Gasteiger partial charge in [0.05, 0.1) is 19.3 Å². The lowest BCUT2D eigenvalue weighted by molar-refractivity contribution is -0.0133. The predicted molar refractivity (Wildman–Crippen MR) is 52.8 cm³/mol. The average molecular weight is 184 g/mol. The van der Waals surface area contributed by atoms with Crippen LogP contribution < -0.4 is 5.32 Å². The molecule has 0 amide bonds. The normalized spacial score (nSPS) is 26.1. The molecule has 0 aliphatic carbocycles. The second kappa shape index (κ2) is 3.95. The topological polar surface area (TPSA) is 24.5 Å². The van der Waals surface area contributed by atoms with Crippen LogP contribution in [0, 0.1) is 5.92 Å². The average Bonchev–Trinajstić information content (AvgIpc) is 1.88. The van der Waals surface area contributed by atoms with Crippen molar-refractivity contribution in [2.75, 3.05) is 32.8 Å². The lowest BCUT2D eigenvalue weighted by atomic mass is 9.98. The molecule has 0 aromatic carbocycles. The highest BCUT2D eigenvalue weighted by Gasteiger charge is 2.29. The van der Waals surface area contributed by atoms with E-state index in [1.807, 2.05) is 0 Å². The highest BCUT2D eigenvalue weighted by atomic mass is 16.5. The number of rotatable bonds is 4.